The van der Waals surface area contributed by atoms with Crippen molar-refractivity contribution in [1.29, 1.82) is 0 Å². The molecular formula is C16H26N2O2. The standard InChI is InChI=1S/C16H26N2O2/c1-13-8-7-9-14(12-13)18(4)11-6-5-10-16(2,17-3)15(19)20/h7-9,12,17H,5-6,10-11H2,1-4H3,(H,19,20). The number of aryl methyl sites for hydroxylation is 1. The lowest BCUT2D eigenvalue weighted by molar-refractivity contribution is -0.144. The van der Waals surface area contributed by atoms with Crippen LogP contribution in [0.3, 0.4) is 0 Å². The molecule has 0 bridgehead atoms. The summed E-state index contributed by atoms with van der Waals surface area (Å²) in [5.74, 6) is -0.785. The monoisotopic (exact) mass is 278 g/mol. The molecule has 0 fully saturated rings. The van der Waals surface area contributed by atoms with Crippen LogP contribution in [0.2, 0.25) is 0 Å². The number of benzene rings is 1. The SMILES string of the molecule is CNC(C)(CCCCN(C)c1cccc(C)c1)C(=O)O. The molecule has 1 rings (SSSR count). The van der Waals surface area contributed by atoms with Crippen molar-refractivity contribution in [2.75, 3.05) is 25.5 Å². The number of carboxylic acids is 1. The summed E-state index contributed by atoms with van der Waals surface area (Å²) in [5, 5.41) is 12.1. The van der Waals surface area contributed by atoms with Gasteiger partial charge in [0.05, 0.1) is 0 Å². The second-order valence-electron chi connectivity index (χ2n) is 5.60. The van der Waals surface area contributed by atoms with Crippen molar-refractivity contribution < 1.29 is 9.90 Å². The number of anilines is 1. The van der Waals surface area contributed by atoms with Crippen LogP contribution < -0.4 is 10.2 Å². The average molecular weight is 278 g/mol. The molecule has 112 valence electrons. The van der Waals surface area contributed by atoms with Crippen LogP contribution in [-0.4, -0.2) is 37.3 Å². The van der Waals surface area contributed by atoms with E-state index in [1.807, 2.05) is 0 Å². The predicted octanol–water partition coefficient (Wildman–Crippen LogP) is 2.66. The molecular weight excluding hydrogens is 252 g/mol. The van der Waals surface area contributed by atoms with Gasteiger partial charge in [-0.1, -0.05) is 12.1 Å². The van der Waals surface area contributed by atoms with Crippen LogP contribution in [0.15, 0.2) is 24.3 Å². The van der Waals surface area contributed by atoms with Crippen LogP contribution in [0.25, 0.3) is 0 Å². The van der Waals surface area contributed by atoms with Crippen molar-refractivity contribution in [3.8, 4) is 0 Å². The summed E-state index contributed by atoms with van der Waals surface area (Å²) in [5.41, 5.74) is 1.64. The van der Waals surface area contributed by atoms with Crippen LogP contribution in [0.1, 0.15) is 31.7 Å². The van der Waals surface area contributed by atoms with Crippen LogP contribution in [0.5, 0.6) is 0 Å². The Morgan fingerprint density at radius 2 is 2.10 bits per heavy atom. The third-order valence-corrected chi connectivity index (χ3v) is 3.89. The molecule has 1 unspecified atom stereocenters. The summed E-state index contributed by atoms with van der Waals surface area (Å²) in [4.78, 5) is 13.4. The highest BCUT2D eigenvalue weighted by Gasteiger charge is 2.30. The molecule has 0 aliphatic rings. The van der Waals surface area contributed by atoms with E-state index in [-0.39, 0.29) is 0 Å². The highest BCUT2D eigenvalue weighted by atomic mass is 16.4. The van der Waals surface area contributed by atoms with Crippen molar-refractivity contribution in [3.05, 3.63) is 29.8 Å². The quantitative estimate of drug-likeness (QED) is 0.718. The van der Waals surface area contributed by atoms with Gasteiger partial charge in [-0.2, -0.15) is 0 Å². The Morgan fingerprint density at radius 3 is 2.65 bits per heavy atom. The number of hydrogen-bond donors (Lipinski definition) is 2. The van der Waals surface area contributed by atoms with E-state index in [1.54, 1.807) is 14.0 Å². The molecule has 0 aliphatic carbocycles. The summed E-state index contributed by atoms with van der Waals surface area (Å²) in [7, 11) is 3.77. The maximum Gasteiger partial charge on any atom is 0.323 e. The Morgan fingerprint density at radius 1 is 1.40 bits per heavy atom. The number of carboxylic acid groups (broad SMARTS) is 1. The Bertz CT molecular complexity index is 448. The molecule has 4 heteroatoms. The normalized spacial score (nSPS) is 13.8. The second kappa shape index (κ2) is 7.29. The molecule has 4 nitrogen and oxygen atoms in total. The predicted molar refractivity (Wildman–Crippen MR) is 83.4 cm³/mol. The van der Waals surface area contributed by atoms with Gasteiger partial charge in [0.25, 0.3) is 0 Å². The third kappa shape index (κ3) is 4.53. The summed E-state index contributed by atoms with van der Waals surface area (Å²) in [6, 6.07) is 8.41. The maximum absolute atomic E-state index is 11.2. The summed E-state index contributed by atoms with van der Waals surface area (Å²) in [6.07, 6.45) is 2.51. The number of aliphatic carboxylic acids is 1. The Kier molecular flexibility index (Phi) is 6.02. The van der Waals surface area contributed by atoms with E-state index in [2.05, 4.69) is 48.5 Å². The first-order valence-corrected chi connectivity index (χ1v) is 7.09. The lowest BCUT2D eigenvalue weighted by Crippen LogP contribution is -2.47. The molecule has 2 N–H and O–H groups in total. The van der Waals surface area contributed by atoms with Crippen molar-refractivity contribution >= 4 is 11.7 Å². The number of likely N-dealkylation sites (N-methyl/N-ethyl adjacent to an activating group) is 1. The first kappa shape index (κ1) is 16.5. The van der Waals surface area contributed by atoms with Gasteiger partial charge in [0.2, 0.25) is 0 Å². The van der Waals surface area contributed by atoms with E-state index >= 15 is 0 Å². The number of unbranched alkanes of at least 4 members (excludes halogenated alkanes) is 1. The topological polar surface area (TPSA) is 52.6 Å². The maximum atomic E-state index is 11.2. The van der Waals surface area contributed by atoms with Gasteiger partial charge in [0.15, 0.2) is 0 Å². The van der Waals surface area contributed by atoms with Crippen LogP contribution in [0, 0.1) is 6.92 Å². The van der Waals surface area contributed by atoms with Crippen molar-refractivity contribution in [3.63, 3.8) is 0 Å². The van der Waals surface area contributed by atoms with Crippen molar-refractivity contribution in [1.82, 2.24) is 5.32 Å². The summed E-state index contributed by atoms with van der Waals surface area (Å²) in [6.45, 7) is 4.75. The molecule has 0 saturated carbocycles. The summed E-state index contributed by atoms with van der Waals surface area (Å²) < 4.78 is 0. The minimum Gasteiger partial charge on any atom is -0.480 e. The number of hydrogen-bond acceptors (Lipinski definition) is 3. The molecule has 0 spiro atoms. The van der Waals surface area contributed by atoms with E-state index in [4.69, 9.17) is 0 Å². The Hall–Kier alpha value is -1.55. The van der Waals surface area contributed by atoms with Crippen molar-refractivity contribution in [2.45, 2.75) is 38.6 Å². The molecule has 1 aromatic carbocycles. The van der Waals surface area contributed by atoms with E-state index in [0.29, 0.717) is 6.42 Å². The van der Waals surface area contributed by atoms with Crippen molar-refractivity contribution in [2.24, 2.45) is 0 Å². The number of rotatable bonds is 8. The molecule has 20 heavy (non-hydrogen) atoms. The molecule has 0 radical (unpaired) electrons. The van der Waals surface area contributed by atoms with Gasteiger partial charge in [0.1, 0.15) is 5.54 Å². The molecule has 0 amide bonds. The first-order valence-electron chi connectivity index (χ1n) is 7.09. The van der Waals surface area contributed by atoms with Gasteiger partial charge in [-0.15, -0.1) is 0 Å². The van der Waals surface area contributed by atoms with Gasteiger partial charge in [-0.05, 0) is 57.9 Å². The fourth-order valence-corrected chi connectivity index (χ4v) is 2.16. The molecule has 1 aromatic rings. The zero-order valence-electron chi connectivity index (χ0n) is 12.9. The van der Waals surface area contributed by atoms with Gasteiger partial charge in [0, 0.05) is 19.3 Å². The highest BCUT2D eigenvalue weighted by molar-refractivity contribution is 5.78. The first-order chi connectivity index (χ1) is 9.39. The fourth-order valence-electron chi connectivity index (χ4n) is 2.16. The van der Waals surface area contributed by atoms with E-state index in [1.165, 1.54) is 11.3 Å². The fraction of sp³-hybridized carbons (Fsp3) is 0.562. The Balaban J connectivity index is 2.39. The van der Waals surface area contributed by atoms with Gasteiger partial charge in [-0.3, -0.25) is 4.79 Å². The number of nitrogens with one attached hydrogen (secondary N) is 1. The zero-order valence-corrected chi connectivity index (χ0v) is 12.9. The Labute approximate surface area is 121 Å². The van der Waals surface area contributed by atoms with Gasteiger partial charge in [-0.25, -0.2) is 0 Å². The molecule has 0 heterocycles. The van der Waals surface area contributed by atoms with Gasteiger partial charge >= 0.3 is 5.97 Å². The highest BCUT2D eigenvalue weighted by Crippen LogP contribution is 2.17. The molecule has 0 saturated heterocycles. The minimum atomic E-state index is -0.818. The lowest BCUT2D eigenvalue weighted by atomic mass is 9.95. The van der Waals surface area contributed by atoms with E-state index in [9.17, 15) is 9.90 Å². The van der Waals surface area contributed by atoms with E-state index < -0.39 is 11.5 Å². The molecule has 0 aromatic heterocycles. The molecule has 0 aliphatic heterocycles. The van der Waals surface area contributed by atoms with E-state index in [0.717, 1.165) is 19.4 Å². The van der Waals surface area contributed by atoms with Crippen LogP contribution >= 0.6 is 0 Å². The number of carbonyl (C=O) groups is 1. The van der Waals surface area contributed by atoms with Gasteiger partial charge < -0.3 is 15.3 Å². The largest absolute Gasteiger partial charge is 0.480 e. The number of nitrogens with zero attached hydrogens (tertiary/aromatic N) is 1. The van der Waals surface area contributed by atoms with Crippen LogP contribution in [0.4, 0.5) is 5.69 Å². The third-order valence-electron chi connectivity index (χ3n) is 3.89. The molecule has 1 atom stereocenters. The second-order valence-corrected chi connectivity index (χ2v) is 5.60. The smallest absolute Gasteiger partial charge is 0.323 e. The summed E-state index contributed by atoms with van der Waals surface area (Å²) >= 11 is 0. The zero-order chi connectivity index (χ0) is 15.2. The average Bonchev–Trinajstić information content (AvgIpc) is 2.42. The van der Waals surface area contributed by atoms with Crippen LogP contribution in [-0.2, 0) is 4.79 Å². The lowest BCUT2D eigenvalue weighted by Gasteiger charge is -2.25. The minimum absolute atomic E-state index is 0.639.